The Hall–Kier alpha value is -3.52. The van der Waals surface area contributed by atoms with E-state index in [1.54, 1.807) is 0 Å². The molecule has 0 aliphatic heterocycles. The maximum Gasteiger partial charge on any atom is 0.123 e. The van der Waals surface area contributed by atoms with Crippen molar-refractivity contribution in [2.45, 2.75) is 71.1 Å². The molecule has 39 heavy (non-hydrogen) atoms. The van der Waals surface area contributed by atoms with Crippen LogP contribution < -0.4 is 0 Å². The molecule has 2 heteroatoms. The van der Waals surface area contributed by atoms with Crippen molar-refractivity contribution in [2.24, 2.45) is 11.3 Å². The van der Waals surface area contributed by atoms with Crippen LogP contribution in [0.4, 0.5) is 0 Å². The number of rotatable bonds is 7. The summed E-state index contributed by atoms with van der Waals surface area (Å²) in [4.78, 5) is 0. The third-order valence-corrected chi connectivity index (χ3v) is 10.1. The van der Waals surface area contributed by atoms with Gasteiger partial charge in [0.1, 0.15) is 11.5 Å². The highest BCUT2D eigenvalue weighted by Crippen LogP contribution is 2.72. The van der Waals surface area contributed by atoms with Gasteiger partial charge in [0, 0.05) is 29.4 Å². The minimum absolute atomic E-state index is 0.0161. The maximum atomic E-state index is 12.1. The Kier molecular flexibility index (Phi) is 6.53. The van der Waals surface area contributed by atoms with Gasteiger partial charge in [0.15, 0.2) is 0 Å². The molecule has 0 aromatic heterocycles. The first kappa shape index (κ1) is 25.7. The van der Waals surface area contributed by atoms with Gasteiger partial charge in [-0.1, -0.05) is 103 Å². The number of phenols is 2. The van der Waals surface area contributed by atoms with Crippen molar-refractivity contribution in [2.75, 3.05) is 0 Å². The summed E-state index contributed by atoms with van der Waals surface area (Å²) in [7, 11) is 0. The SMILES string of the molecule is CCC12CCC(CC1)C2(c1cc(C)cc(Cc2ccccc2)c1O)c1cc(C)cc(Cc2ccccc2)c1O. The molecule has 0 unspecified atom stereocenters. The van der Waals surface area contributed by atoms with Crippen LogP contribution in [0.25, 0.3) is 0 Å². The fourth-order valence-corrected chi connectivity index (χ4v) is 8.43. The molecule has 2 fully saturated rings. The lowest BCUT2D eigenvalue weighted by molar-refractivity contribution is 0.193. The Morgan fingerprint density at radius 1 is 0.667 bits per heavy atom. The summed E-state index contributed by atoms with van der Waals surface area (Å²) in [6, 6.07) is 29.6. The zero-order chi connectivity index (χ0) is 27.2. The molecular formula is C37H40O2. The van der Waals surface area contributed by atoms with Crippen LogP contribution in [0, 0.1) is 25.2 Å². The molecule has 0 saturated heterocycles. The first-order valence-corrected chi connectivity index (χ1v) is 14.6. The second-order valence-corrected chi connectivity index (χ2v) is 12.2. The van der Waals surface area contributed by atoms with E-state index in [9.17, 15) is 10.2 Å². The van der Waals surface area contributed by atoms with Gasteiger partial charge in [-0.25, -0.2) is 0 Å². The summed E-state index contributed by atoms with van der Waals surface area (Å²) in [5.41, 5.74) is 8.35. The molecule has 200 valence electrons. The molecule has 0 radical (unpaired) electrons. The predicted octanol–water partition coefficient (Wildman–Crippen LogP) is 8.78. The van der Waals surface area contributed by atoms with Gasteiger partial charge < -0.3 is 10.2 Å². The number of aromatic hydroxyl groups is 2. The Bertz CT molecular complexity index is 1380. The number of benzene rings is 4. The summed E-state index contributed by atoms with van der Waals surface area (Å²) in [6.45, 7) is 6.62. The first-order chi connectivity index (χ1) is 18.9. The number of aryl methyl sites for hydroxylation is 2. The van der Waals surface area contributed by atoms with Crippen LogP contribution in [0.3, 0.4) is 0 Å². The highest BCUT2D eigenvalue weighted by Gasteiger charge is 2.66. The lowest BCUT2D eigenvalue weighted by Crippen LogP contribution is -2.41. The van der Waals surface area contributed by atoms with Gasteiger partial charge in [0.25, 0.3) is 0 Å². The van der Waals surface area contributed by atoms with Crippen LogP contribution in [0.2, 0.25) is 0 Å². The third-order valence-electron chi connectivity index (χ3n) is 10.1. The topological polar surface area (TPSA) is 40.5 Å². The largest absolute Gasteiger partial charge is 0.507 e. The minimum Gasteiger partial charge on any atom is -0.507 e. The van der Waals surface area contributed by atoms with Crippen LogP contribution in [0.5, 0.6) is 11.5 Å². The van der Waals surface area contributed by atoms with Crippen LogP contribution in [-0.4, -0.2) is 10.2 Å². The number of hydrogen-bond donors (Lipinski definition) is 2. The number of fused-ring (bicyclic) bond motifs is 2. The normalized spacial score (nSPS) is 21.4. The summed E-state index contributed by atoms with van der Waals surface area (Å²) < 4.78 is 0. The molecule has 2 nitrogen and oxygen atoms in total. The van der Waals surface area contributed by atoms with Crippen molar-refractivity contribution in [1.29, 1.82) is 0 Å². The molecule has 2 saturated carbocycles. The zero-order valence-electron chi connectivity index (χ0n) is 23.5. The summed E-state index contributed by atoms with van der Waals surface area (Å²) in [5.74, 6) is 1.23. The first-order valence-electron chi connectivity index (χ1n) is 14.6. The molecular weight excluding hydrogens is 476 g/mol. The molecule has 6 rings (SSSR count). The predicted molar refractivity (Wildman–Crippen MR) is 160 cm³/mol. The van der Waals surface area contributed by atoms with Crippen molar-refractivity contribution in [3.8, 4) is 11.5 Å². The van der Waals surface area contributed by atoms with Crippen molar-refractivity contribution in [3.63, 3.8) is 0 Å². The van der Waals surface area contributed by atoms with E-state index >= 15 is 0 Å². The highest BCUT2D eigenvalue weighted by atomic mass is 16.3. The minimum atomic E-state index is -0.412. The number of phenolic OH excluding ortho intramolecular Hbond substituents is 2. The van der Waals surface area contributed by atoms with E-state index in [1.807, 2.05) is 12.1 Å². The standard InChI is InChI=1S/C37H40O2/c1-4-36-17-15-31(16-18-36)37(36,32-21-25(2)19-29(34(32)38)23-27-11-7-5-8-12-27)33-22-26(3)20-30(35(33)39)24-28-13-9-6-10-14-28/h5-14,19-22,31,38-39H,4,15-18,23-24H2,1-3H3. The van der Waals surface area contributed by atoms with E-state index in [1.165, 1.54) is 22.3 Å². The van der Waals surface area contributed by atoms with E-state index < -0.39 is 5.41 Å². The van der Waals surface area contributed by atoms with Gasteiger partial charge >= 0.3 is 0 Å². The highest BCUT2D eigenvalue weighted by molar-refractivity contribution is 5.62. The van der Waals surface area contributed by atoms with Crippen molar-refractivity contribution < 1.29 is 10.2 Å². The van der Waals surface area contributed by atoms with Gasteiger partial charge in [-0.2, -0.15) is 0 Å². The van der Waals surface area contributed by atoms with Crippen molar-refractivity contribution >= 4 is 0 Å². The Morgan fingerprint density at radius 3 is 1.51 bits per heavy atom. The quantitative estimate of drug-likeness (QED) is 0.258. The molecule has 4 aromatic rings. The molecule has 0 atom stereocenters. The van der Waals surface area contributed by atoms with Crippen LogP contribution in [-0.2, 0) is 18.3 Å². The smallest absolute Gasteiger partial charge is 0.123 e. The fraction of sp³-hybridized carbons (Fsp3) is 0.351. The van der Waals surface area contributed by atoms with E-state index in [4.69, 9.17) is 0 Å². The van der Waals surface area contributed by atoms with Gasteiger partial charge in [-0.3, -0.25) is 0 Å². The zero-order valence-corrected chi connectivity index (χ0v) is 23.5. The van der Waals surface area contributed by atoms with Gasteiger partial charge in [-0.15, -0.1) is 0 Å². The molecule has 0 amide bonds. The van der Waals surface area contributed by atoms with E-state index in [-0.39, 0.29) is 5.41 Å². The Morgan fingerprint density at radius 2 is 1.10 bits per heavy atom. The molecule has 0 spiro atoms. The van der Waals surface area contributed by atoms with Gasteiger partial charge in [0.05, 0.1) is 0 Å². The Balaban J connectivity index is 1.59. The fourth-order valence-electron chi connectivity index (χ4n) is 8.43. The maximum absolute atomic E-state index is 12.1. The molecule has 4 aromatic carbocycles. The summed E-state index contributed by atoms with van der Waals surface area (Å²) >= 11 is 0. The van der Waals surface area contributed by atoms with Crippen LogP contribution >= 0.6 is 0 Å². The third kappa shape index (κ3) is 4.07. The van der Waals surface area contributed by atoms with E-state index in [2.05, 4.69) is 93.6 Å². The van der Waals surface area contributed by atoms with E-state index in [0.29, 0.717) is 30.3 Å². The molecule has 2 bridgehead atoms. The second kappa shape index (κ2) is 9.90. The summed E-state index contributed by atoms with van der Waals surface area (Å²) in [6.07, 6.45) is 6.97. The molecule has 2 aliphatic rings. The molecule has 2 N–H and O–H groups in total. The monoisotopic (exact) mass is 516 g/mol. The lowest BCUT2D eigenvalue weighted by atomic mass is 9.57. The van der Waals surface area contributed by atoms with E-state index in [0.717, 1.165) is 54.4 Å². The Labute approximate surface area is 233 Å². The summed E-state index contributed by atoms with van der Waals surface area (Å²) in [5, 5.41) is 24.2. The van der Waals surface area contributed by atoms with Crippen molar-refractivity contribution in [1.82, 2.24) is 0 Å². The average Bonchev–Trinajstić information content (AvgIpc) is 3.44. The molecule has 0 heterocycles. The van der Waals surface area contributed by atoms with Gasteiger partial charge in [-0.05, 0) is 79.5 Å². The lowest BCUT2D eigenvalue weighted by Gasteiger charge is -2.46. The average molecular weight is 517 g/mol. The molecule has 2 aliphatic carbocycles. The van der Waals surface area contributed by atoms with Gasteiger partial charge in [0.2, 0.25) is 0 Å². The van der Waals surface area contributed by atoms with Crippen LogP contribution in [0.15, 0.2) is 84.9 Å². The van der Waals surface area contributed by atoms with Crippen LogP contribution in [0.1, 0.15) is 83.5 Å². The number of hydrogen-bond acceptors (Lipinski definition) is 2. The van der Waals surface area contributed by atoms with Crippen molar-refractivity contribution in [3.05, 3.63) is 129 Å². The second-order valence-electron chi connectivity index (χ2n) is 12.2.